The quantitative estimate of drug-likeness (QED) is 0.453. The second-order valence-corrected chi connectivity index (χ2v) is 5.05. The first-order chi connectivity index (χ1) is 7.11. The van der Waals surface area contributed by atoms with Crippen molar-refractivity contribution in [1.82, 2.24) is 0 Å². The lowest BCUT2D eigenvalue weighted by Crippen LogP contribution is -2.08. The number of hydrogen-bond donors (Lipinski definition) is 0. The Hall–Kier alpha value is -0.450. The SMILES string of the molecule is C=C(C)CCOCC(=O)c1sccc1Br. The van der Waals surface area contributed by atoms with E-state index in [2.05, 4.69) is 22.5 Å². The van der Waals surface area contributed by atoms with E-state index in [1.165, 1.54) is 11.3 Å². The van der Waals surface area contributed by atoms with E-state index >= 15 is 0 Å². The highest BCUT2D eigenvalue weighted by atomic mass is 79.9. The molecule has 4 heteroatoms. The minimum absolute atomic E-state index is 0.0265. The van der Waals surface area contributed by atoms with Gasteiger partial charge in [0.25, 0.3) is 0 Å². The number of ether oxygens (including phenoxy) is 1. The molecule has 0 aromatic carbocycles. The first kappa shape index (κ1) is 12.6. The van der Waals surface area contributed by atoms with Gasteiger partial charge in [0.15, 0.2) is 5.78 Å². The fraction of sp³-hybridized carbons (Fsp3) is 0.364. The summed E-state index contributed by atoms with van der Waals surface area (Å²) in [6.07, 6.45) is 0.804. The zero-order valence-corrected chi connectivity index (χ0v) is 11.0. The predicted molar refractivity (Wildman–Crippen MR) is 66.6 cm³/mol. The standard InChI is InChI=1S/C11H13BrO2S/c1-8(2)3-5-14-7-10(13)11-9(12)4-6-15-11/h4,6H,1,3,5,7H2,2H3. The molecule has 0 spiro atoms. The van der Waals surface area contributed by atoms with Crippen LogP contribution in [0.1, 0.15) is 23.0 Å². The molecular formula is C11H13BrO2S. The lowest BCUT2D eigenvalue weighted by Gasteiger charge is -2.02. The second-order valence-electron chi connectivity index (χ2n) is 3.28. The van der Waals surface area contributed by atoms with Crippen LogP contribution in [0.2, 0.25) is 0 Å². The molecule has 0 aliphatic heterocycles. The average molecular weight is 289 g/mol. The van der Waals surface area contributed by atoms with Gasteiger partial charge in [0.05, 0.1) is 11.5 Å². The smallest absolute Gasteiger partial charge is 0.199 e. The molecule has 1 aromatic rings. The van der Waals surface area contributed by atoms with Crippen molar-refractivity contribution in [3.63, 3.8) is 0 Å². The lowest BCUT2D eigenvalue weighted by molar-refractivity contribution is 0.0769. The van der Waals surface area contributed by atoms with E-state index in [0.29, 0.717) is 6.61 Å². The maximum absolute atomic E-state index is 11.6. The molecule has 0 saturated carbocycles. The molecule has 0 saturated heterocycles. The Kier molecular flexibility index (Phi) is 5.22. The zero-order chi connectivity index (χ0) is 11.3. The van der Waals surface area contributed by atoms with Crippen LogP contribution in [0.15, 0.2) is 28.1 Å². The normalized spacial score (nSPS) is 10.3. The first-order valence-electron chi connectivity index (χ1n) is 4.59. The summed E-state index contributed by atoms with van der Waals surface area (Å²) in [7, 11) is 0. The molecule has 1 aromatic heterocycles. The Morgan fingerprint density at radius 2 is 2.40 bits per heavy atom. The van der Waals surface area contributed by atoms with Crippen LogP contribution < -0.4 is 0 Å². The van der Waals surface area contributed by atoms with Crippen molar-refractivity contribution in [2.24, 2.45) is 0 Å². The van der Waals surface area contributed by atoms with Crippen molar-refractivity contribution in [1.29, 1.82) is 0 Å². The maximum atomic E-state index is 11.6. The third kappa shape index (κ3) is 4.28. The van der Waals surface area contributed by atoms with Crippen molar-refractivity contribution < 1.29 is 9.53 Å². The van der Waals surface area contributed by atoms with Crippen molar-refractivity contribution >= 4 is 33.0 Å². The highest BCUT2D eigenvalue weighted by molar-refractivity contribution is 9.10. The monoisotopic (exact) mass is 288 g/mol. The minimum atomic E-state index is 0.0265. The fourth-order valence-electron chi connectivity index (χ4n) is 0.970. The highest BCUT2D eigenvalue weighted by Gasteiger charge is 2.11. The molecule has 0 bridgehead atoms. The van der Waals surface area contributed by atoms with Gasteiger partial charge in [-0.1, -0.05) is 5.57 Å². The average Bonchev–Trinajstić information content (AvgIpc) is 2.58. The number of hydrogen-bond acceptors (Lipinski definition) is 3. The van der Waals surface area contributed by atoms with Gasteiger partial charge in [0, 0.05) is 4.47 Å². The van der Waals surface area contributed by atoms with Gasteiger partial charge in [0.2, 0.25) is 0 Å². The summed E-state index contributed by atoms with van der Waals surface area (Å²) in [4.78, 5) is 12.3. The zero-order valence-electron chi connectivity index (χ0n) is 8.59. The first-order valence-corrected chi connectivity index (χ1v) is 6.27. The molecule has 0 radical (unpaired) electrons. The van der Waals surface area contributed by atoms with Gasteiger partial charge < -0.3 is 4.74 Å². The summed E-state index contributed by atoms with van der Waals surface area (Å²) < 4.78 is 6.11. The third-order valence-corrected chi connectivity index (χ3v) is 3.66. The molecule has 0 atom stereocenters. The Labute approximate surface area is 102 Å². The summed E-state index contributed by atoms with van der Waals surface area (Å²) >= 11 is 4.75. The third-order valence-electron chi connectivity index (χ3n) is 1.78. The van der Waals surface area contributed by atoms with E-state index in [0.717, 1.165) is 21.3 Å². The number of carbonyl (C=O) groups excluding carboxylic acids is 1. The highest BCUT2D eigenvalue weighted by Crippen LogP contribution is 2.22. The summed E-state index contributed by atoms with van der Waals surface area (Å²) in [5.41, 5.74) is 1.07. The van der Waals surface area contributed by atoms with Crippen LogP contribution in [0.25, 0.3) is 0 Å². The number of rotatable bonds is 6. The minimum Gasteiger partial charge on any atom is -0.373 e. The van der Waals surface area contributed by atoms with E-state index in [-0.39, 0.29) is 12.4 Å². The molecule has 0 aliphatic carbocycles. The van der Waals surface area contributed by atoms with E-state index in [1.54, 1.807) is 0 Å². The molecular weight excluding hydrogens is 276 g/mol. The van der Waals surface area contributed by atoms with Crippen molar-refractivity contribution in [3.05, 3.63) is 32.9 Å². The van der Waals surface area contributed by atoms with Crippen LogP contribution in [-0.2, 0) is 4.74 Å². The van der Waals surface area contributed by atoms with Gasteiger partial charge >= 0.3 is 0 Å². The summed E-state index contributed by atoms with van der Waals surface area (Å²) in [5.74, 6) is 0.0265. The molecule has 82 valence electrons. The van der Waals surface area contributed by atoms with E-state index in [9.17, 15) is 4.79 Å². The number of ketones is 1. The number of Topliss-reactive ketones (excluding diaryl/α,β-unsaturated/α-hetero) is 1. The Balaban J connectivity index is 2.31. The molecule has 15 heavy (non-hydrogen) atoms. The molecule has 1 rings (SSSR count). The molecule has 0 N–H and O–H groups in total. The molecule has 1 heterocycles. The van der Waals surface area contributed by atoms with Crippen LogP contribution >= 0.6 is 27.3 Å². The number of carbonyl (C=O) groups is 1. The van der Waals surface area contributed by atoms with Gasteiger partial charge in [-0.25, -0.2) is 0 Å². The van der Waals surface area contributed by atoms with Crippen molar-refractivity contribution in [3.8, 4) is 0 Å². The summed E-state index contributed by atoms with van der Waals surface area (Å²) in [5, 5.41) is 1.88. The van der Waals surface area contributed by atoms with Crippen LogP contribution in [0.4, 0.5) is 0 Å². The molecule has 0 fully saturated rings. The summed E-state index contributed by atoms with van der Waals surface area (Å²) in [6, 6.07) is 1.87. The van der Waals surface area contributed by atoms with E-state index in [4.69, 9.17) is 4.74 Å². The molecule has 0 amide bonds. The van der Waals surface area contributed by atoms with E-state index < -0.39 is 0 Å². The van der Waals surface area contributed by atoms with Crippen molar-refractivity contribution in [2.45, 2.75) is 13.3 Å². The van der Waals surface area contributed by atoms with Gasteiger partial charge in [-0.2, -0.15) is 0 Å². The van der Waals surface area contributed by atoms with Crippen LogP contribution in [0, 0.1) is 0 Å². The second kappa shape index (κ2) is 6.20. The van der Waals surface area contributed by atoms with Crippen LogP contribution in [0.5, 0.6) is 0 Å². The Morgan fingerprint density at radius 3 is 2.93 bits per heavy atom. The molecule has 0 aliphatic rings. The Bertz CT molecular complexity index is 357. The van der Waals surface area contributed by atoms with Gasteiger partial charge in [-0.05, 0) is 40.7 Å². The van der Waals surface area contributed by atoms with Gasteiger partial charge in [-0.3, -0.25) is 4.79 Å². The molecule has 2 nitrogen and oxygen atoms in total. The maximum Gasteiger partial charge on any atom is 0.199 e. The lowest BCUT2D eigenvalue weighted by atomic mass is 10.3. The predicted octanol–water partition coefficient (Wildman–Crippen LogP) is 3.68. The summed E-state index contributed by atoms with van der Waals surface area (Å²) in [6.45, 7) is 6.42. The van der Waals surface area contributed by atoms with Gasteiger partial charge in [-0.15, -0.1) is 17.9 Å². The topological polar surface area (TPSA) is 26.3 Å². The van der Waals surface area contributed by atoms with Gasteiger partial charge in [0.1, 0.15) is 6.61 Å². The number of thiophene rings is 1. The number of halogens is 1. The van der Waals surface area contributed by atoms with E-state index in [1.807, 2.05) is 18.4 Å². The fourth-order valence-corrected chi connectivity index (χ4v) is 2.49. The molecule has 0 unspecified atom stereocenters. The van der Waals surface area contributed by atoms with Crippen LogP contribution in [-0.4, -0.2) is 19.0 Å². The largest absolute Gasteiger partial charge is 0.373 e. The Morgan fingerprint density at radius 1 is 1.67 bits per heavy atom. The van der Waals surface area contributed by atoms with Crippen LogP contribution in [0.3, 0.4) is 0 Å². The van der Waals surface area contributed by atoms with Crippen molar-refractivity contribution in [2.75, 3.05) is 13.2 Å².